The molecule has 1 unspecified atom stereocenters. The second-order valence-electron chi connectivity index (χ2n) is 3.78. The average molecular weight is 194 g/mol. The van der Waals surface area contributed by atoms with Gasteiger partial charge in [0, 0.05) is 20.1 Å². The van der Waals surface area contributed by atoms with E-state index in [1.807, 2.05) is 19.1 Å². The molecule has 0 amide bonds. The molecule has 0 aromatic heterocycles. The summed E-state index contributed by atoms with van der Waals surface area (Å²) in [5.41, 5.74) is 1.96. The number of aliphatic hydroxyl groups is 1. The largest absolute Gasteiger partial charge is 0.396 e. The number of ether oxygens (including phenoxy) is 1. The molecule has 1 N–H and O–H groups in total. The number of methoxy groups -OCH3 is 1. The Bertz CT molecular complexity index is 296. The Morgan fingerprint density at radius 3 is 2.64 bits per heavy atom. The number of aliphatic hydroxyl groups excluding tert-OH is 1. The van der Waals surface area contributed by atoms with Crippen molar-refractivity contribution >= 4 is 0 Å². The van der Waals surface area contributed by atoms with Gasteiger partial charge in [0.2, 0.25) is 0 Å². The average Bonchev–Trinajstić information content (AvgIpc) is 2.18. The molecule has 0 aliphatic heterocycles. The summed E-state index contributed by atoms with van der Waals surface area (Å²) < 4.78 is 5.46. The van der Waals surface area contributed by atoms with Crippen LogP contribution in [0.3, 0.4) is 0 Å². The predicted molar refractivity (Wildman–Crippen MR) is 57.2 cm³/mol. The Hall–Kier alpha value is -0.860. The molecule has 0 bridgehead atoms. The molecule has 1 aromatic carbocycles. The Morgan fingerprint density at radius 2 is 2.14 bits per heavy atom. The van der Waals surface area contributed by atoms with Crippen molar-refractivity contribution in [2.75, 3.05) is 13.7 Å². The standard InChI is InChI=1S/C12H18O2/c1-10-5-4-6-11(9-10)12(2,14-3)7-8-13/h4-6,9,13H,7-8H2,1-3H3. The summed E-state index contributed by atoms with van der Waals surface area (Å²) in [6.45, 7) is 4.19. The smallest absolute Gasteiger partial charge is 0.0921 e. The first kappa shape index (κ1) is 11.2. The number of aryl methyl sites for hydroxylation is 1. The molecule has 1 aromatic rings. The van der Waals surface area contributed by atoms with Gasteiger partial charge in [0.25, 0.3) is 0 Å². The first-order valence-electron chi connectivity index (χ1n) is 4.85. The fourth-order valence-electron chi connectivity index (χ4n) is 1.55. The van der Waals surface area contributed by atoms with Gasteiger partial charge < -0.3 is 9.84 Å². The minimum atomic E-state index is -0.374. The Kier molecular flexibility index (Phi) is 3.67. The van der Waals surface area contributed by atoms with E-state index in [-0.39, 0.29) is 12.2 Å². The highest BCUT2D eigenvalue weighted by Crippen LogP contribution is 2.28. The van der Waals surface area contributed by atoms with E-state index >= 15 is 0 Å². The summed E-state index contributed by atoms with van der Waals surface area (Å²) in [6, 6.07) is 8.20. The van der Waals surface area contributed by atoms with E-state index in [1.165, 1.54) is 5.56 Å². The van der Waals surface area contributed by atoms with Gasteiger partial charge in [-0.2, -0.15) is 0 Å². The molecule has 2 nitrogen and oxygen atoms in total. The number of hydrogen-bond acceptors (Lipinski definition) is 2. The van der Waals surface area contributed by atoms with Gasteiger partial charge in [0.15, 0.2) is 0 Å². The third kappa shape index (κ3) is 2.34. The number of rotatable bonds is 4. The van der Waals surface area contributed by atoms with Crippen molar-refractivity contribution in [2.45, 2.75) is 25.9 Å². The lowest BCUT2D eigenvalue weighted by atomic mass is 9.91. The maximum atomic E-state index is 8.98. The minimum absolute atomic E-state index is 0.137. The first-order chi connectivity index (χ1) is 6.62. The fraction of sp³-hybridized carbons (Fsp3) is 0.500. The van der Waals surface area contributed by atoms with Gasteiger partial charge in [0.1, 0.15) is 0 Å². The molecule has 0 saturated carbocycles. The van der Waals surface area contributed by atoms with Crippen LogP contribution in [0.25, 0.3) is 0 Å². The van der Waals surface area contributed by atoms with E-state index in [0.29, 0.717) is 6.42 Å². The zero-order chi connectivity index (χ0) is 10.6. The Balaban J connectivity index is 2.99. The zero-order valence-electron chi connectivity index (χ0n) is 9.08. The number of hydrogen-bond donors (Lipinski definition) is 1. The van der Waals surface area contributed by atoms with Gasteiger partial charge >= 0.3 is 0 Å². The van der Waals surface area contributed by atoms with Crippen LogP contribution in [0.4, 0.5) is 0 Å². The van der Waals surface area contributed by atoms with Gasteiger partial charge in [-0.15, -0.1) is 0 Å². The third-order valence-corrected chi connectivity index (χ3v) is 2.67. The highest BCUT2D eigenvalue weighted by molar-refractivity contribution is 5.27. The van der Waals surface area contributed by atoms with Crippen LogP contribution in [0.5, 0.6) is 0 Å². The van der Waals surface area contributed by atoms with Gasteiger partial charge in [0.05, 0.1) is 5.60 Å². The second kappa shape index (κ2) is 4.58. The molecule has 0 spiro atoms. The lowest BCUT2D eigenvalue weighted by Crippen LogP contribution is -2.25. The van der Waals surface area contributed by atoms with Crippen LogP contribution < -0.4 is 0 Å². The molecule has 0 heterocycles. The molecular formula is C12H18O2. The summed E-state index contributed by atoms with van der Waals surface area (Å²) in [5.74, 6) is 0. The second-order valence-corrected chi connectivity index (χ2v) is 3.78. The van der Waals surface area contributed by atoms with Crippen LogP contribution in [0, 0.1) is 6.92 Å². The van der Waals surface area contributed by atoms with Crippen LogP contribution in [0.1, 0.15) is 24.5 Å². The molecule has 0 saturated heterocycles. The Labute approximate surface area is 85.5 Å². The summed E-state index contributed by atoms with van der Waals surface area (Å²) in [5, 5.41) is 8.98. The number of benzene rings is 1. The van der Waals surface area contributed by atoms with Crippen LogP contribution in [0.2, 0.25) is 0 Å². The summed E-state index contributed by atoms with van der Waals surface area (Å²) in [7, 11) is 1.68. The SMILES string of the molecule is COC(C)(CCO)c1cccc(C)c1. The van der Waals surface area contributed by atoms with Crippen molar-refractivity contribution in [1.82, 2.24) is 0 Å². The molecule has 1 rings (SSSR count). The first-order valence-corrected chi connectivity index (χ1v) is 4.85. The molecule has 2 heteroatoms. The van der Waals surface area contributed by atoms with Crippen LogP contribution in [-0.2, 0) is 10.3 Å². The monoisotopic (exact) mass is 194 g/mol. The van der Waals surface area contributed by atoms with E-state index in [9.17, 15) is 0 Å². The lowest BCUT2D eigenvalue weighted by molar-refractivity contribution is -0.0173. The van der Waals surface area contributed by atoms with Crippen LogP contribution >= 0.6 is 0 Å². The third-order valence-electron chi connectivity index (χ3n) is 2.67. The highest BCUT2D eigenvalue weighted by atomic mass is 16.5. The molecule has 78 valence electrons. The van der Waals surface area contributed by atoms with E-state index in [2.05, 4.69) is 19.1 Å². The molecule has 0 fully saturated rings. The van der Waals surface area contributed by atoms with E-state index in [0.717, 1.165) is 5.56 Å². The summed E-state index contributed by atoms with van der Waals surface area (Å²) in [6.07, 6.45) is 0.618. The molecular weight excluding hydrogens is 176 g/mol. The Morgan fingerprint density at radius 1 is 1.43 bits per heavy atom. The summed E-state index contributed by atoms with van der Waals surface area (Å²) in [4.78, 5) is 0. The predicted octanol–water partition coefficient (Wildman–Crippen LogP) is 2.24. The van der Waals surface area contributed by atoms with Crippen molar-refractivity contribution < 1.29 is 9.84 Å². The van der Waals surface area contributed by atoms with Crippen molar-refractivity contribution in [3.05, 3.63) is 35.4 Å². The van der Waals surface area contributed by atoms with Gasteiger partial charge in [-0.3, -0.25) is 0 Å². The van der Waals surface area contributed by atoms with Crippen LogP contribution in [0.15, 0.2) is 24.3 Å². The van der Waals surface area contributed by atoms with Crippen molar-refractivity contribution in [3.63, 3.8) is 0 Å². The van der Waals surface area contributed by atoms with Gasteiger partial charge in [-0.1, -0.05) is 29.8 Å². The topological polar surface area (TPSA) is 29.5 Å². The van der Waals surface area contributed by atoms with Crippen molar-refractivity contribution in [2.24, 2.45) is 0 Å². The minimum Gasteiger partial charge on any atom is -0.396 e. The fourth-order valence-corrected chi connectivity index (χ4v) is 1.55. The maximum absolute atomic E-state index is 8.98. The van der Waals surface area contributed by atoms with E-state index < -0.39 is 0 Å². The van der Waals surface area contributed by atoms with Crippen molar-refractivity contribution in [3.8, 4) is 0 Å². The molecule has 0 aliphatic rings. The van der Waals surface area contributed by atoms with E-state index in [4.69, 9.17) is 9.84 Å². The normalized spacial score (nSPS) is 15.1. The van der Waals surface area contributed by atoms with Crippen LogP contribution in [-0.4, -0.2) is 18.8 Å². The van der Waals surface area contributed by atoms with Gasteiger partial charge in [-0.25, -0.2) is 0 Å². The molecule has 0 aliphatic carbocycles. The zero-order valence-corrected chi connectivity index (χ0v) is 9.08. The van der Waals surface area contributed by atoms with Gasteiger partial charge in [-0.05, 0) is 19.4 Å². The van der Waals surface area contributed by atoms with E-state index in [1.54, 1.807) is 7.11 Å². The quantitative estimate of drug-likeness (QED) is 0.796. The lowest BCUT2D eigenvalue weighted by Gasteiger charge is -2.28. The molecule has 14 heavy (non-hydrogen) atoms. The maximum Gasteiger partial charge on any atom is 0.0921 e. The molecule has 1 atom stereocenters. The molecule has 0 radical (unpaired) electrons. The highest BCUT2D eigenvalue weighted by Gasteiger charge is 2.25. The summed E-state index contributed by atoms with van der Waals surface area (Å²) >= 11 is 0. The van der Waals surface area contributed by atoms with Crippen molar-refractivity contribution in [1.29, 1.82) is 0 Å².